The fourth-order valence-electron chi connectivity index (χ4n) is 2.31. The van der Waals surface area contributed by atoms with Gasteiger partial charge < -0.3 is 20.3 Å². The highest BCUT2D eigenvalue weighted by Gasteiger charge is 2.43. The van der Waals surface area contributed by atoms with Crippen LogP contribution in [0.1, 0.15) is 6.42 Å². The number of carboxylic acid groups (broad SMARTS) is 1. The van der Waals surface area contributed by atoms with E-state index in [1.54, 1.807) is 0 Å². The van der Waals surface area contributed by atoms with Crippen molar-refractivity contribution >= 4 is 21.9 Å². The second-order valence-corrected chi connectivity index (χ2v) is 6.91. The minimum atomic E-state index is -4.14. The molecule has 10 heteroatoms. The maximum Gasteiger partial charge on any atom is 0.243 e. The van der Waals surface area contributed by atoms with Crippen LogP contribution in [0.25, 0.3) is 0 Å². The molecule has 0 unspecified atom stereocenters. The molecule has 1 aromatic carbocycles. The molecule has 1 fully saturated rings. The predicted octanol–water partition coefficient (Wildman–Crippen LogP) is -2.18. The van der Waals surface area contributed by atoms with Crippen LogP contribution < -0.4 is 10.4 Å². The molecule has 1 amide bonds. The van der Waals surface area contributed by atoms with E-state index in [0.717, 1.165) is 28.6 Å². The fraction of sp³-hybridized carbons (Fsp3) is 0.385. The number of carboxylic acids is 1. The lowest BCUT2D eigenvalue weighted by Crippen LogP contribution is -2.48. The zero-order chi connectivity index (χ0) is 17.2. The van der Waals surface area contributed by atoms with Gasteiger partial charge >= 0.3 is 0 Å². The Labute approximate surface area is 131 Å². The highest BCUT2D eigenvalue weighted by atomic mass is 32.2. The van der Waals surface area contributed by atoms with E-state index in [0.29, 0.717) is 0 Å². The molecule has 8 nitrogen and oxygen atoms in total. The lowest BCUT2D eigenvalue weighted by Gasteiger charge is -2.23. The summed E-state index contributed by atoms with van der Waals surface area (Å²) in [6, 6.07) is 2.77. The molecule has 2 N–H and O–H groups in total. The quantitative estimate of drug-likeness (QED) is 0.624. The Balaban J connectivity index is 2.25. The highest BCUT2D eigenvalue weighted by molar-refractivity contribution is 7.89. The average molecular weight is 345 g/mol. The number of carbonyl (C=O) groups excluding carboxylic acids is 2. The zero-order valence-corrected chi connectivity index (χ0v) is 12.6. The van der Waals surface area contributed by atoms with Gasteiger partial charge in [0.05, 0.1) is 23.5 Å². The number of aliphatic carboxylic acids is 1. The van der Waals surface area contributed by atoms with Gasteiger partial charge in [0.1, 0.15) is 11.9 Å². The first-order valence-corrected chi connectivity index (χ1v) is 8.09. The van der Waals surface area contributed by atoms with Crippen molar-refractivity contribution in [1.29, 1.82) is 0 Å². The Hall–Kier alpha value is -2.04. The van der Waals surface area contributed by atoms with Crippen molar-refractivity contribution in [2.75, 3.05) is 13.1 Å². The number of halogens is 1. The summed E-state index contributed by atoms with van der Waals surface area (Å²) in [6.07, 6.45) is -1.23. The van der Waals surface area contributed by atoms with Crippen molar-refractivity contribution in [2.45, 2.75) is 23.5 Å². The van der Waals surface area contributed by atoms with Crippen LogP contribution in [-0.2, 0) is 19.6 Å². The summed E-state index contributed by atoms with van der Waals surface area (Å²) in [5.74, 6) is -2.99. The van der Waals surface area contributed by atoms with Crippen molar-refractivity contribution in [3.8, 4) is 0 Å². The van der Waals surface area contributed by atoms with E-state index in [2.05, 4.69) is 0 Å². The van der Waals surface area contributed by atoms with Gasteiger partial charge in [-0.3, -0.25) is 4.79 Å². The number of nitrogens with zero attached hydrogens (tertiary/aromatic N) is 1. The van der Waals surface area contributed by atoms with Crippen LogP contribution in [0.3, 0.4) is 0 Å². The van der Waals surface area contributed by atoms with E-state index in [1.165, 1.54) is 0 Å². The minimum absolute atomic E-state index is 0.167. The average Bonchev–Trinajstić information content (AvgIpc) is 2.88. The third-order valence-electron chi connectivity index (χ3n) is 3.36. The Morgan fingerprint density at radius 3 is 2.52 bits per heavy atom. The van der Waals surface area contributed by atoms with Crippen LogP contribution in [0.4, 0.5) is 4.39 Å². The van der Waals surface area contributed by atoms with Crippen LogP contribution in [0.2, 0.25) is 0 Å². The summed E-state index contributed by atoms with van der Waals surface area (Å²) in [5, 5.41) is 22.1. The SMILES string of the molecule is O=C([O-])CNC(=O)[C@H]1C[C@@H](O)CN1S(=O)(=O)c1ccc(F)cc1. The van der Waals surface area contributed by atoms with Gasteiger partial charge in [-0.25, -0.2) is 12.8 Å². The number of hydrogen-bond acceptors (Lipinski definition) is 6. The number of aliphatic hydroxyl groups excluding tert-OH is 1. The lowest BCUT2D eigenvalue weighted by molar-refractivity contribution is -0.304. The summed E-state index contributed by atoms with van der Waals surface area (Å²) in [4.78, 5) is 22.1. The molecule has 1 aliphatic heterocycles. The van der Waals surface area contributed by atoms with Gasteiger partial charge in [0.25, 0.3) is 0 Å². The second kappa shape index (κ2) is 6.60. The van der Waals surface area contributed by atoms with Crippen LogP contribution in [0.15, 0.2) is 29.2 Å². The third kappa shape index (κ3) is 3.84. The maximum atomic E-state index is 12.9. The Kier molecular flexibility index (Phi) is 4.97. The predicted molar refractivity (Wildman–Crippen MR) is 72.7 cm³/mol. The van der Waals surface area contributed by atoms with Gasteiger partial charge in [0, 0.05) is 13.0 Å². The monoisotopic (exact) mass is 345 g/mol. The smallest absolute Gasteiger partial charge is 0.243 e. The van der Waals surface area contributed by atoms with Gasteiger partial charge in [0.15, 0.2) is 0 Å². The van der Waals surface area contributed by atoms with Crippen molar-refractivity contribution in [1.82, 2.24) is 9.62 Å². The van der Waals surface area contributed by atoms with E-state index in [9.17, 15) is 32.6 Å². The van der Waals surface area contributed by atoms with Crippen molar-refractivity contribution in [3.63, 3.8) is 0 Å². The van der Waals surface area contributed by atoms with Gasteiger partial charge in [-0.1, -0.05) is 0 Å². The molecule has 0 aromatic heterocycles. The summed E-state index contributed by atoms with van der Waals surface area (Å²) >= 11 is 0. The van der Waals surface area contributed by atoms with Crippen molar-refractivity contribution < 1.29 is 32.6 Å². The Morgan fingerprint density at radius 2 is 1.96 bits per heavy atom. The number of rotatable bonds is 5. The van der Waals surface area contributed by atoms with E-state index in [-0.39, 0.29) is 17.9 Å². The fourth-order valence-corrected chi connectivity index (χ4v) is 3.94. The van der Waals surface area contributed by atoms with Crippen molar-refractivity contribution in [3.05, 3.63) is 30.1 Å². The summed E-state index contributed by atoms with van der Waals surface area (Å²) in [7, 11) is -4.14. The number of carbonyl (C=O) groups is 2. The number of nitrogens with one attached hydrogen (secondary N) is 1. The Morgan fingerprint density at radius 1 is 1.35 bits per heavy atom. The molecule has 0 spiro atoms. The molecule has 0 bridgehead atoms. The summed E-state index contributed by atoms with van der Waals surface area (Å²) in [6.45, 7) is -1.08. The number of benzene rings is 1. The van der Waals surface area contributed by atoms with E-state index in [1.807, 2.05) is 5.32 Å². The van der Waals surface area contributed by atoms with Crippen LogP contribution >= 0.6 is 0 Å². The first-order valence-electron chi connectivity index (χ1n) is 6.65. The third-order valence-corrected chi connectivity index (χ3v) is 5.25. The zero-order valence-electron chi connectivity index (χ0n) is 11.8. The molecular weight excluding hydrogens is 331 g/mol. The number of amides is 1. The van der Waals surface area contributed by atoms with Crippen molar-refractivity contribution in [2.24, 2.45) is 0 Å². The molecule has 2 rings (SSSR count). The van der Waals surface area contributed by atoms with Crippen LogP contribution in [-0.4, -0.2) is 54.9 Å². The first kappa shape index (κ1) is 17.3. The number of β-amino-alcohol motifs (C(OH)–C–C–N with tert-alkyl or cyclic N) is 1. The topological polar surface area (TPSA) is 127 Å². The number of sulfonamides is 1. The molecule has 0 saturated carbocycles. The standard InChI is InChI=1S/C13H15FN2O6S/c14-8-1-3-10(4-2-8)23(21,22)16-7-9(17)5-11(16)13(20)15-6-12(18)19/h1-4,9,11,17H,5-7H2,(H,15,20)(H,18,19)/p-1/t9-,11-/m1/s1. The van der Waals surface area contributed by atoms with Gasteiger partial charge in [-0.05, 0) is 24.3 Å². The molecule has 0 aliphatic carbocycles. The minimum Gasteiger partial charge on any atom is -0.548 e. The molecule has 2 atom stereocenters. The normalized spacial score (nSPS) is 22.0. The summed E-state index contributed by atoms with van der Waals surface area (Å²) < 4.78 is 38.8. The van der Waals surface area contributed by atoms with Gasteiger partial charge in [0.2, 0.25) is 15.9 Å². The Bertz CT molecular complexity index is 706. The molecule has 1 aliphatic rings. The van der Waals surface area contributed by atoms with E-state index >= 15 is 0 Å². The first-order chi connectivity index (χ1) is 10.7. The summed E-state index contributed by atoms with van der Waals surface area (Å²) in [5.41, 5.74) is 0. The lowest BCUT2D eigenvalue weighted by atomic mass is 10.2. The number of hydrogen-bond donors (Lipinski definition) is 2. The molecule has 23 heavy (non-hydrogen) atoms. The molecule has 1 aromatic rings. The maximum absolute atomic E-state index is 12.9. The van der Waals surface area contributed by atoms with Gasteiger partial charge in [-0.2, -0.15) is 4.31 Å². The molecular formula is C13H14FN2O6S-. The number of aliphatic hydroxyl groups is 1. The van der Waals surface area contributed by atoms with E-state index < -0.39 is 46.4 Å². The van der Waals surface area contributed by atoms with Gasteiger partial charge in [-0.15, -0.1) is 0 Å². The highest BCUT2D eigenvalue weighted by Crippen LogP contribution is 2.26. The van der Waals surface area contributed by atoms with Crippen LogP contribution in [0, 0.1) is 5.82 Å². The molecule has 1 heterocycles. The molecule has 126 valence electrons. The second-order valence-electron chi connectivity index (χ2n) is 5.02. The molecule has 0 radical (unpaired) electrons. The van der Waals surface area contributed by atoms with Crippen LogP contribution in [0.5, 0.6) is 0 Å². The molecule has 1 saturated heterocycles. The largest absolute Gasteiger partial charge is 0.548 e. The van der Waals surface area contributed by atoms with E-state index in [4.69, 9.17) is 0 Å².